The Morgan fingerprint density at radius 1 is 0.875 bits per heavy atom. The van der Waals surface area contributed by atoms with Crippen molar-refractivity contribution in [2.45, 2.75) is 90.1 Å². The van der Waals surface area contributed by atoms with Crippen LogP contribution in [0.25, 0.3) is 33.1 Å². The first-order chi connectivity index (χ1) is 26.2. The number of piperazine rings is 1. The highest BCUT2D eigenvalue weighted by atomic mass is 19.4. The summed E-state index contributed by atoms with van der Waals surface area (Å²) in [6, 6.07) is 1.74. The third kappa shape index (κ3) is 7.84. The van der Waals surface area contributed by atoms with E-state index in [1.54, 1.807) is 46.4 Å². The highest BCUT2D eigenvalue weighted by Crippen LogP contribution is 2.46. The van der Waals surface area contributed by atoms with Crippen molar-refractivity contribution in [3.63, 3.8) is 0 Å². The SMILES string of the molecule is CC(C)(C)OC(=O)Nc1nc2c(-c3c(C(F)(F)F)cc4c(N5CCN(C(=O)OC(C)(C)C)CC5)nc(OCC56CCCN5CCC6)nc4c3F)ccc(F)c2o1. The molecule has 2 aromatic carbocycles. The molecule has 3 fully saturated rings. The van der Waals surface area contributed by atoms with Gasteiger partial charge in [-0.15, -0.1) is 0 Å². The summed E-state index contributed by atoms with van der Waals surface area (Å²) in [5.74, 6) is -2.40. The van der Waals surface area contributed by atoms with Gasteiger partial charge in [0.25, 0.3) is 0 Å². The van der Waals surface area contributed by atoms with Gasteiger partial charge in [0, 0.05) is 42.7 Å². The van der Waals surface area contributed by atoms with Crippen LogP contribution >= 0.6 is 0 Å². The van der Waals surface area contributed by atoms with Crippen LogP contribution < -0.4 is 15.0 Å². The Morgan fingerprint density at radius 2 is 1.54 bits per heavy atom. The van der Waals surface area contributed by atoms with E-state index >= 15 is 22.0 Å². The number of carbonyl (C=O) groups excluding carboxylic acids is 2. The van der Waals surface area contributed by atoms with Crippen molar-refractivity contribution >= 4 is 46.0 Å². The summed E-state index contributed by atoms with van der Waals surface area (Å²) in [4.78, 5) is 43.8. The van der Waals surface area contributed by atoms with Crippen molar-refractivity contribution in [2.24, 2.45) is 0 Å². The molecule has 2 amide bonds. The van der Waals surface area contributed by atoms with Crippen LogP contribution in [-0.4, -0.2) is 99.6 Å². The molecule has 3 saturated heterocycles. The highest BCUT2D eigenvalue weighted by Gasteiger charge is 2.45. The Bertz CT molecular complexity index is 2160. The minimum atomic E-state index is -5.14. The zero-order chi connectivity index (χ0) is 40.4. The monoisotopic (exact) mass is 789 g/mol. The predicted molar refractivity (Wildman–Crippen MR) is 196 cm³/mol. The third-order valence-electron chi connectivity index (χ3n) is 10.1. The van der Waals surface area contributed by atoms with Gasteiger partial charge in [0.15, 0.2) is 17.2 Å². The van der Waals surface area contributed by atoms with Crippen LogP contribution in [0.1, 0.15) is 72.8 Å². The minimum Gasteiger partial charge on any atom is -0.461 e. The van der Waals surface area contributed by atoms with Crippen LogP contribution in [-0.2, 0) is 15.7 Å². The van der Waals surface area contributed by atoms with E-state index in [1.165, 1.54) is 4.90 Å². The Kier molecular flexibility index (Phi) is 9.94. The van der Waals surface area contributed by atoms with E-state index in [9.17, 15) is 9.59 Å². The van der Waals surface area contributed by atoms with E-state index in [0.717, 1.165) is 57.0 Å². The lowest BCUT2D eigenvalue weighted by atomic mass is 9.95. The van der Waals surface area contributed by atoms with Gasteiger partial charge in [0.1, 0.15) is 34.7 Å². The van der Waals surface area contributed by atoms with E-state index in [4.69, 9.17) is 18.6 Å². The van der Waals surface area contributed by atoms with Gasteiger partial charge in [-0.05, 0) is 98.5 Å². The van der Waals surface area contributed by atoms with Gasteiger partial charge in [-0.2, -0.15) is 28.1 Å². The van der Waals surface area contributed by atoms with Crippen LogP contribution in [0.3, 0.4) is 0 Å². The summed E-state index contributed by atoms with van der Waals surface area (Å²) in [5, 5.41) is 1.96. The molecule has 0 aliphatic carbocycles. The smallest absolute Gasteiger partial charge is 0.417 e. The van der Waals surface area contributed by atoms with Crippen molar-refractivity contribution in [3.8, 4) is 17.1 Å². The minimum absolute atomic E-state index is 0.00785. The third-order valence-corrected chi connectivity index (χ3v) is 10.1. The van der Waals surface area contributed by atoms with E-state index in [1.807, 2.05) is 0 Å². The van der Waals surface area contributed by atoms with Crippen LogP contribution in [0.2, 0.25) is 0 Å². The average molecular weight is 790 g/mol. The molecule has 0 saturated carbocycles. The molecule has 13 nitrogen and oxygen atoms in total. The fourth-order valence-electron chi connectivity index (χ4n) is 7.69. The molecule has 0 unspecified atom stereocenters. The van der Waals surface area contributed by atoms with Crippen molar-refractivity contribution < 1.29 is 50.2 Å². The molecule has 2 aromatic heterocycles. The molecular formula is C38H44F5N7O6. The second-order valence-corrected chi connectivity index (χ2v) is 16.4. The van der Waals surface area contributed by atoms with Crippen molar-refractivity contribution in [3.05, 3.63) is 35.4 Å². The first-order valence-corrected chi connectivity index (χ1v) is 18.5. The van der Waals surface area contributed by atoms with Crippen molar-refractivity contribution in [2.75, 3.05) is 56.1 Å². The number of anilines is 2. The number of fused-ring (bicyclic) bond motifs is 3. The van der Waals surface area contributed by atoms with E-state index < -0.39 is 80.5 Å². The number of halogens is 5. The summed E-state index contributed by atoms with van der Waals surface area (Å²) in [5.41, 5.74) is -6.32. The number of benzene rings is 2. The quantitative estimate of drug-likeness (QED) is 0.190. The lowest BCUT2D eigenvalue weighted by Crippen LogP contribution is -2.50. The van der Waals surface area contributed by atoms with Gasteiger partial charge in [0.05, 0.1) is 11.1 Å². The molecule has 0 spiro atoms. The number of ether oxygens (including phenoxy) is 3. The largest absolute Gasteiger partial charge is 0.461 e. The Morgan fingerprint density at radius 3 is 2.16 bits per heavy atom. The molecular weight excluding hydrogens is 745 g/mol. The fourth-order valence-corrected chi connectivity index (χ4v) is 7.69. The maximum atomic E-state index is 17.2. The molecule has 0 bridgehead atoms. The van der Waals surface area contributed by atoms with Crippen molar-refractivity contribution in [1.29, 1.82) is 0 Å². The van der Waals surface area contributed by atoms with Crippen LogP contribution in [0.4, 0.5) is 43.4 Å². The summed E-state index contributed by atoms with van der Waals surface area (Å²) in [6.45, 7) is 12.6. The molecule has 1 N–H and O–H groups in total. The molecule has 0 atom stereocenters. The Balaban J connectivity index is 1.34. The normalized spacial score (nSPS) is 17.8. The molecule has 56 heavy (non-hydrogen) atoms. The summed E-state index contributed by atoms with van der Waals surface area (Å²) in [7, 11) is 0. The van der Waals surface area contributed by atoms with Gasteiger partial charge in [-0.1, -0.05) is 0 Å². The summed E-state index contributed by atoms with van der Waals surface area (Å²) >= 11 is 0. The average Bonchev–Trinajstić information content (AvgIpc) is 3.81. The van der Waals surface area contributed by atoms with Gasteiger partial charge < -0.3 is 28.4 Å². The summed E-state index contributed by atoms with van der Waals surface area (Å²) in [6.07, 6.45) is -2.95. The number of hydrogen-bond acceptors (Lipinski definition) is 11. The number of hydrogen-bond donors (Lipinski definition) is 1. The maximum absolute atomic E-state index is 17.2. The molecule has 0 radical (unpaired) electrons. The van der Waals surface area contributed by atoms with E-state index in [0.29, 0.717) is 0 Å². The second kappa shape index (κ2) is 14.2. The maximum Gasteiger partial charge on any atom is 0.417 e. The predicted octanol–water partition coefficient (Wildman–Crippen LogP) is 8.15. The van der Waals surface area contributed by atoms with Gasteiger partial charge in [-0.3, -0.25) is 4.90 Å². The highest BCUT2D eigenvalue weighted by molar-refractivity contribution is 6.00. The Hall–Kier alpha value is -5.00. The van der Waals surface area contributed by atoms with Gasteiger partial charge in [0.2, 0.25) is 0 Å². The van der Waals surface area contributed by atoms with Crippen LogP contribution in [0.5, 0.6) is 6.01 Å². The first-order valence-electron chi connectivity index (χ1n) is 18.5. The number of amides is 2. The molecule has 4 aromatic rings. The number of alkyl halides is 3. The van der Waals surface area contributed by atoms with Gasteiger partial charge >= 0.3 is 30.4 Å². The fraction of sp³-hybridized carbons (Fsp3) is 0.553. The molecule has 3 aliphatic heterocycles. The molecule has 18 heteroatoms. The zero-order valence-electron chi connectivity index (χ0n) is 32.0. The van der Waals surface area contributed by atoms with Crippen LogP contribution in [0, 0.1) is 11.6 Å². The van der Waals surface area contributed by atoms with Crippen LogP contribution in [0.15, 0.2) is 22.6 Å². The summed E-state index contributed by atoms with van der Waals surface area (Å²) < 4.78 is 99.9. The molecule has 5 heterocycles. The second-order valence-electron chi connectivity index (χ2n) is 16.4. The number of oxazole rings is 1. The van der Waals surface area contributed by atoms with Crippen molar-refractivity contribution in [1.82, 2.24) is 24.8 Å². The van der Waals surface area contributed by atoms with Gasteiger partial charge in [-0.25, -0.2) is 23.7 Å². The molecule has 3 aliphatic rings. The number of nitrogens with one attached hydrogen (secondary N) is 1. The Labute approximate surface area is 319 Å². The van der Waals surface area contributed by atoms with E-state index in [-0.39, 0.29) is 55.5 Å². The number of rotatable bonds is 6. The zero-order valence-corrected chi connectivity index (χ0v) is 32.0. The number of aromatic nitrogens is 3. The topological polar surface area (TPSA) is 135 Å². The lowest BCUT2D eigenvalue weighted by Gasteiger charge is -2.36. The number of carbonyl (C=O) groups is 2. The van der Waals surface area contributed by atoms with E-state index in [2.05, 4.69) is 25.2 Å². The molecule has 7 rings (SSSR count). The number of nitrogens with zero attached hydrogens (tertiary/aromatic N) is 6. The standard InChI is InChI=1S/C38H44F5N7O6/c1-35(2,3)55-33(51)47-32-45-28-21(9-10-24(39)29(28)54-32)25-23(38(41,42)43)19-22-27(26(25)40)44-31(53-20-37-11-7-13-50(37)14-8-12-37)46-30(22)48-15-17-49(18-16-48)34(52)56-36(4,5)6/h9-10,19H,7-8,11-18,20H2,1-6H3,(H,45,47,51). The lowest BCUT2D eigenvalue weighted by molar-refractivity contribution is -0.137. The molecule has 302 valence electrons. The first kappa shape index (κ1) is 39.2.